The Balaban J connectivity index is 1.79. The van der Waals surface area contributed by atoms with E-state index in [2.05, 4.69) is 0 Å². The second-order valence-electron chi connectivity index (χ2n) is 9.23. The Kier molecular flexibility index (Phi) is 7.67. The van der Waals surface area contributed by atoms with Gasteiger partial charge in [0.2, 0.25) is 0 Å². The third-order valence-electron chi connectivity index (χ3n) is 6.82. The highest BCUT2D eigenvalue weighted by molar-refractivity contribution is 7.94. The molecule has 0 aromatic heterocycles. The maximum atomic E-state index is 15.4. The van der Waals surface area contributed by atoms with Gasteiger partial charge in [-0.25, -0.2) is 34.0 Å². The van der Waals surface area contributed by atoms with Crippen LogP contribution in [-0.2, 0) is 39.0 Å². The lowest BCUT2D eigenvalue weighted by Gasteiger charge is -2.50. The molecule has 1 saturated heterocycles. The first kappa shape index (κ1) is 28.2. The van der Waals surface area contributed by atoms with Gasteiger partial charge in [-0.1, -0.05) is 11.6 Å². The van der Waals surface area contributed by atoms with E-state index in [9.17, 15) is 29.6 Å². The molecule has 0 radical (unpaired) electrons. The van der Waals surface area contributed by atoms with Crippen molar-refractivity contribution in [3.8, 4) is 5.75 Å². The van der Waals surface area contributed by atoms with Gasteiger partial charge >= 0.3 is 0 Å². The number of rotatable bonds is 8. The van der Waals surface area contributed by atoms with Crippen molar-refractivity contribution in [2.75, 3.05) is 36.7 Å². The molecule has 1 fully saturated rings. The van der Waals surface area contributed by atoms with Crippen molar-refractivity contribution in [2.45, 2.75) is 28.6 Å². The van der Waals surface area contributed by atoms with Gasteiger partial charge in [-0.15, -0.1) is 0 Å². The van der Waals surface area contributed by atoms with E-state index in [1.807, 2.05) is 0 Å². The fourth-order valence-electron chi connectivity index (χ4n) is 5.01. The zero-order chi connectivity index (χ0) is 27.2. The first-order valence-electron chi connectivity index (χ1n) is 11.3. The van der Waals surface area contributed by atoms with Crippen molar-refractivity contribution < 1.29 is 43.5 Å². The smallest absolute Gasteiger partial charge is 0.189 e. The monoisotopic (exact) mass is 598 g/mol. The van der Waals surface area contributed by atoms with Crippen molar-refractivity contribution >= 4 is 41.1 Å². The van der Waals surface area contributed by atoms with E-state index in [-0.39, 0.29) is 36.0 Å². The molecule has 0 saturated carbocycles. The van der Waals surface area contributed by atoms with Crippen LogP contribution in [0.3, 0.4) is 0 Å². The average Bonchev–Trinajstić information content (AvgIpc) is 2.83. The van der Waals surface area contributed by atoms with Crippen LogP contribution in [0.5, 0.6) is 5.75 Å². The number of hydrogen-bond donors (Lipinski definition) is 0. The standard InChI is InChI=1S/C23H25ClF2O8S3/c1-35(27,28)12-13-36(29,30)11-8-20-17-14-34-22-19(26)7-6-18(25)21(22)23(17,9-10-33-20)37(31,32)16-4-2-15(24)3-5-16/h2-7,17,20H,8-14H2,1H3/t17-,20-,23-/m0/s1. The molecule has 0 amide bonds. The SMILES string of the molecule is CS(=O)(=O)CCS(=O)(=O)CC[C@@H]1OCC[C@@]2(S(=O)(=O)c3ccc(Cl)cc3)c3c(F)ccc(F)c3OC[C@@H]12. The van der Waals surface area contributed by atoms with Crippen LogP contribution in [0.15, 0.2) is 41.3 Å². The number of halogens is 3. The maximum absolute atomic E-state index is 15.4. The first-order chi connectivity index (χ1) is 17.2. The predicted molar refractivity (Wildman–Crippen MR) is 133 cm³/mol. The predicted octanol–water partition coefficient (Wildman–Crippen LogP) is 2.93. The highest BCUT2D eigenvalue weighted by Crippen LogP contribution is 2.55. The molecule has 2 aliphatic heterocycles. The van der Waals surface area contributed by atoms with E-state index in [0.29, 0.717) is 0 Å². The van der Waals surface area contributed by atoms with Gasteiger partial charge < -0.3 is 9.47 Å². The van der Waals surface area contributed by atoms with Crippen molar-refractivity contribution in [1.29, 1.82) is 0 Å². The summed E-state index contributed by atoms with van der Waals surface area (Å²) in [6, 6.07) is 6.97. The molecule has 2 aromatic rings. The minimum Gasteiger partial charge on any atom is -0.490 e. The van der Waals surface area contributed by atoms with Crippen LogP contribution in [0.25, 0.3) is 0 Å². The summed E-state index contributed by atoms with van der Waals surface area (Å²) in [5, 5.41) is 0.279. The Morgan fingerprint density at radius 2 is 1.59 bits per heavy atom. The molecule has 0 bridgehead atoms. The summed E-state index contributed by atoms with van der Waals surface area (Å²) >= 11 is 5.93. The number of fused-ring (bicyclic) bond motifs is 3. The summed E-state index contributed by atoms with van der Waals surface area (Å²) in [5.41, 5.74) is -0.452. The molecule has 3 atom stereocenters. The summed E-state index contributed by atoms with van der Waals surface area (Å²) < 4.78 is 116. The molecule has 37 heavy (non-hydrogen) atoms. The molecule has 14 heteroatoms. The lowest BCUT2D eigenvalue weighted by molar-refractivity contribution is -0.0732. The van der Waals surface area contributed by atoms with E-state index in [1.54, 1.807) is 0 Å². The minimum absolute atomic E-state index is 0.167. The molecular weight excluding hydrogens is 574 g/mol. The van der Waals surface area contributed by atoms with Crippen LogP contribution in [0.2, 0.25) is 5.02 Å². The molecular formula is C23H25ClF2O8S3. The minimum atomic E-state index is -4.42. The zero-order valence-electron chi connectivity index (χ0n) is 19.7. The Hall–Kier alpha value is -1.80. The highest BCUT2D eigenvalue weighted by atomic mass is 35.5. The van der Waals surface area contributed by atoms with Gasteiger partial charge in [0.25, 0.3) is 0 Å². The van der Waals surface area contributed by atoms with Crippen LogP contribution in [0, 0.1) is 17.6 Å². The van der Waals surface area contributed by atoms with E-state index in [1.165, 1.54) is 24.3 Å². The van der Waals surface area contributed by atoms with Crippen molar-refractivity contribution in [1.82, 2.24) is 0 Å². The molecule has 2 aromatic carbocycles. The summed E-state index contributed by atoms with van der Waals surface area (Å²) in [5.74, 6) is -5.13. The summed E-state index contributed by atoms with van der Waals surface area (Å²) in [7, 11) is -11.8. The number of sulfone groups is 3. The molecule has 2 heterocycles. The third kappa shape index (κ3) is 5.38. The van der Waals surface area contributed by atoms with Crippen molar-refractivity contribution in [2.24, 2.45) is 5.92 Å². The van der Waals surface area contributed by atoms with Crippen LogP contribution >= 0.6 is 11.6 Å². The second-order valence-corrected chi connectivity index (χ2v) is 16.4. The van der Waals surface area contributed by atoms with Crippen molar-refractivity contribution in [3.63, 3.8) is 0 Å². The molecule has 2 aliphatic rings. The van der Waals surface area contributed by atoms with Crippen LogP contribution in [0.4, 0.5) is 8.78 Å². The second kappa shape index (κ2) is 10.1. The lowest BCUT2D eigenvalue weighted by Crippen LogP contribution is -2.57. The molecule has 8 nitrogen and oxygen atoms in total. The van der Waals surface area contributed by atoms with E-state index in [4.69, 9.17) is 21.1 Å². The van der Waals surface area contributed by atoms with Gasteiger partial charge in [-0.05, 0) is 49.2 Å². The highest BCUT2D eigenvalue weighted by Gasteiger charge is 2.61. The fourth-order valence-corrected chi connectivity index (χ4v) is 10.5. The van der Waals surface area contributed by atoms with Gasteiger partial charge in [0, 0.05) is 23.8 Å². The fraction of sp³-hybridized carbons (Fsp3) is 0.478. The number of ether oxygens (including phenoxy) is 2. The van der Waals surface area contributed by atoms with E-state index < -0.39 is 86.5 Å². The van der Waals surface area contributed by atoms with Gasteiger partial charge in [-0.3, -0.25) is 0 Å². The Labute approximate surface area is 219 Å². The van der Waals surface area contributed by atoms with Crippen LogP contribution < -0.4 is 4.74 Å². The molecule has 4 rings (SSSR count). The molecule has 0 aliphatic carbocycles. The van der Waals surface area contributed by atoms with Gasteiger partial charge in [-0.2, -0.15) is 0 Å². The Bertz CT molecular complexity index is 1510. The molecule has 0 spiro atoms. The molecule has 0 unspecified atom stereocenters. The molecule has 204 valence electrons. The number of benzene rings is 2. The average molecular weight is 599 g/mol. The zero-order valence-corrected chi connectivity index (χ0v) is 22.9. The third-order valence-corrected chi connectivity index (χ3v) is 12.5. The topological polar surface area (TPSA) is 121 Å². The molecule has 0 N–H and O–H groups in total. The van der Waals surface area contributed by atoms with Crippen molar-refractivity contribution in [3.05, 3.63) is 58.6 Å². The first-order valence-corrected chi connectivity index (χ1v) is 17.0. The largest absolute Gasteiger partial charge is 0.490 e. The lowest BCUT2D eigenvalue weighted by atomic mass is 9.75. The quantitative estimate of drug-likeness (QED) is 0.455. The summed E-state index contributed by atoms with van der Waals surface area (Å²) in [4.78, 5) is -0.167. The normalized spacial score (nSPS) is 24.1. The number of hydrogen-bond acceptors (Lipinski definition) is 8. The summed E-state index contributed by atoms with van der Waals surface area (Å²) in [6.07, 6.45) is -0.506. The Morgan fingerprint density at radius 1 is 0.946 bits per heavy atom. The Morgan fingerprint density at radius 3 is 2.24 bits per heavy atom. The van der Waals surface area contributed by atoms with E-state index >= 15 is 4.39 Å². The van der Waals surface area contributed by atoms with Gasteiger partial charge in [0.05, 0.1) is 40.4 Å². The van der Waals surface area contributed by atoms with Gasteiger partial charge in [0.15, 0.2) is 31.2 Å². The van der Waals surface area contributed by atoms with Gasteiger partial charge in [0.1, 0.15) is 20.4 Å². The van der Waals surface area contributed by atoms with Crippen LogP contribution in [0.1, 0.15) is 18.4 Å². The van der Waals surface area contributed by atoms with Crippen LogP contribution in [-0.4, -0.2) is 68.1 Å². The maximum Gasteiger partial charge on any atom is 0.189 e. The van der Waals surface area contributed by atoms with E-state index in [0.717, 1.165) is 18.4 Å². The summed E-state index contributed by atoms with van der Waals surface area (Å²) in [6.45, 7) is -0.541.